The fourth-order valence-electron chi connectivity index (χ4n) is 0.581. The number of hydrogen-bond donors (Lipinski definition) is 0. The molecule has 0 saturated carbocycles. The van der Waals surface area contributed by atoms with Crippen molar-refractivity contribution in [3.05, 3.63) is 0 Å². The van der Waals surface area contributed by atoms with Crippen molar-refractivity contribution in [1.82, 2.24) is 4.31 Å². The molecule has 2 atom stereocenters. The Hall–Kier alpha value is -0.0900. The normalized spacial score (nSPS) is 35.3. The van der Waals surface area contributed by atoms with Crippen LogP contribution in [0.15, 0.2) is 0 Å². The predicted octanol–water partition coefficient (Wildman–Crippen LogP) is 0.430. The van der Waals surface area contributed by atoms with Crippen LogP contribution in [0.4, 0.5) is 0 Å². The van der Waals surface area contributed by atoms with E-state index in [4.69, 9.17) is 1.37 Å². The molecule has 0 aliphatic carbocycles. The van der Waals surface area contributed by atoms with E-state index in [0.29, 0.717) is 6.54 Å². The highest BCUT2D eigenvalue weighted by Gasteiger charge is 2.40. The molecule has 0 aromatic heterocycles. The first-order chi connectivity index (χ1) is 4.77. The smallest absolute Gasteiger partial charge is 0.212 e. The molecular formula is C6H13NO2S. The van der Waals surface area contributed by atoms with Crippen LogP contribution < -0.4 is 0 Å². The molecular weight excluding hydrogens is 150 g/mol. The first kappa shape index (κ1) is 6.61. The van der Waals surface area contributed by atoms with Crippen molar-refractivity contribution in [2.24, 2.45) is 0 Å². The molecule has 60 valence electrons. The lowest BCUT2D eigenvalue weighted by molar-refractivity contribution is 0.525. The summed E-state index contributed by atoms with van der Waals surface area (Å²) < 4.78 is 30.4. The van der Waals surface area contributed by atoms with Crippen molar-refractivity contribution >= 4 is 10.0 Å². The quantitative estimate of drug-likeness (QED) is 0.527. The third kappa shape index (κ3) is 1.18. The minimum Gasteiger partial charge on any atom is -0.212 e. The van der Waals surface area contributed by atoms with Crippen LogP contribution in [0, 0.1) is 0 Å². The summed E-state index contributed by atoms with van der Waals surface area (Å²) in [4.78, 5) is 0. The fourth-order valence-corrected chi connectivity index (χ4v) is 1.74. The van der Waals surface area contributed by atoms with Crippen molar-refractivity contribution in [3.8, 4) is 0 Å². The van der Waals surface area contributed by atoms with Crippen molar-refractivity contribution in [2.45, 2.75) is 25.5 Å². The highest BCUT2D eigenvalue weighted by atomic mass is 32.2. The lowest BCUT2D eigenvalue weighted by Crippen LogP contribution is -2.33. The van der Waals surface area contributed by atoms with Crippen LogP contribution in [0.2, 0.25) is 0 Å². The first-order valence-corrected chi connectivity index (χ1v) is 4.64. The van der Waals surface area contributed by atoms with E-state index in [2.05, 4.69) is 0 Å². The maximum Gasteiger partial charge on any atom is 0.219 e. The van der Waals surface area contributed by atoms with E-state index in [0.717, 1.165) is 0 Å². The molecule has 1 saturated heterocycles. The summed E-state index contributed by atoms with van der Waals surface area (Å²) >= 11 is 0. The number of hydrogen-bond acceptors (Lipinski definition) is 2. The van der Waals surface area contributed by atoms with E-state index in [1.807, 2.05) is 0 Å². The molecule has 0 N–H and O–H groups in total. The van der Waals surface area contributed by atoms with E-state index in [1.54, 1.807) is 20.8 Å². The molecule has 1 rings (SSSR count). The molecule has 1 fully saturated rings. The average Bonchev–Trinajstić information content (AvgIpc) is 2.43. The Morgan fingerprint density at radius 3 is 2.00 bits per heavy atom. The maximum absolute atomic E-state index is 11.4. The Kier molecular flexibility index (Phi) is 1.29. The van der Waals surface area contributed by atoms with Crippen molar-refractivity contribution in [2.75, 3.05) is 13.1 Å². The SMILES string of the molecule is [2H]C1CN1S(=O)(=O)C(C)(C)C. The van der Waals surface area contributed by atoms with Gasteiger partial charge in [-0.1, -0.05) is 0 Å². The molecule has 2 unspecified atom stereocenters. The van der Waals surface area contributed by atoms with Gasteiger partial charge >= 0.3 is 0 Å². The second-order valence-electron chi connectivity index (χ2n) is 3.37. The molecule has 1 heterocycles. The summed E-state index contributed by atoms with van der Waals surface area (Å²) in [5, 5.41) is 0. The minimum atomic E-state index is -3.21. The van der Waals surface area contributed by atoms with Gasteiger partial charge in [0.15, 0.2) is 0 Å². The lowest BCUT2D eigenvalue weighted by atomic mass is 10.3. The molecule has 0 aromatic carbocycles. The second-order valence-corrected chi connectivity index (χ2v) is 6.01. The van der Waals surface area contributed by atoms with Gasteiger partial charge in [0.25, 0.3) is 0 Å². The number of rotatable bonds is 1. The van der Waals surface area contributed by atoms with Crippen LogP contribution in [-0.2, 0) is 10.0 Å². The van der Waals surface area contributed by atoms with E-state index < -0.39 is 21.3 Å². The van der Waals surface area contributed by atoms with Crippen molar-refractivity contribution in [3.63, 3.8) is 0 Å². The molecule has 1 aliphatic heterocycles. The van der Waals surface area contributed by atoms with E-state index in [-0.39, 0.29) is 0 Å². The van der Waals surface area contributed by atoms with Crippen molar-refractivity contribution < 1.29 is 9.79 Å². The van der Waals surface area contributed by atoms with E-state index >= 15 is 0 Å². The molecule has 0 bridgehead atoms. The Bertz CT molecular complexity index is 254. The topological polar surface area (TPSA) is 37.1 Å². The molecule has 4 heteroatoms. The molecule has 0 aromatic rings. The lowest BCUT2D eigenvalue weighted by Gasteiger charge is -2.18. The van der Waals surface area contributed by atoms with Gasteiger partial charge in [0.1, 0.15) is 0 Å². The Morgan fingerprint density at radius 2 is 1.90 bits per heavy atom. The van der Waals surface area contributed by atoms with Crippen LogP contribution in [0.1, 0.15) is 22.1 Å². The molecule has 0 radical (unpaired) electrons. The summed E-state index contributed by atoms with van der Waals surface area (Å²) in [6.45, 7) is 4.77. The van der Waals surface area contributed by atoms with Gasteiger partial charge < -0.3 is 0 Å². The highest BCUT2D eigenvalue weighted by molar-refractivity contribution is 7.90. The Balaban J connectivity index is 2.86. The van der Waals surface area contributed by atoms with Crippen LogP contribution in [0.3, 0.4) is 0 Å². The van der Waals surface area contributed by atoms with Gasteiger partial charge in [-0.05, 0) is 20.8 Å². The average molecular weight is 164 g/mol. The summed E-state index contributed by atoms with van der Waals surface area (Å²) in [5.74, 6) is 0. The van der Waals surface area contributed by atoms with E-state index in [1.165, 1.54) is 4.31 Å². The van der Waals surface area contributed by atoms with Crippen LogP contribution in [-0.4, -0.2) is 30.5 Å². The number of nitrogens with zero attached hydrogens (tertiary/aromatic N) is 1. The fraction of sp³-hybridized carbons (Fsp3) is 1.00. The summed E-state index contributed by atoms with van der Waals surface area (Å²) in [5.41, 5.74) is 0. The van der Waals surface area contributed by atoms with Crippen LogP contribution in [0.25, 0.3) is 0 Å². The zero-order valence-electron chi connectivity index (χ0n) is 7.46. The van der Waals surface area contributed by atoms with Crippen LogP contribution in [0.5, 0.6) is 0 Å². The highest BCUT2D eigenvalue weighted by Crippen LogP contribution is 2.24. The van der Waals surface area contributed by atoms with Gasteiger partial charge in [0, 0.05) is 14.4 Å². The van der Waals surface area contributed by atoms with Crippen LogP contribution >= 0.6 is 0 Å². The van der Waals surface area contributed by atoms with Gasteiger partial charge in [-0.25, -0.2) is 8.42 Å². The first-order valence-electron chi connectivity index (χ1n) is 3.78. The second kappa shape index (κ2) is 1.95. The van der Waals surface area contributed by atoms with Gasteiger partial charge in [0.05, 0.1) is 4.75 Å². The summed E-state index contributed by atoms with van der Waals surface area (Å²) in [6.07, 6.45) is 0. The van der Waals surface area contributed by atoms with Gasteiger partial charge in [0.2, 0.25) is 10.0 Å². The molecule has 3 nitrogen and oxygen atoms in total. The molecule has 0 amide bonds. The van der Waals surface area contributed by atoms with Gasteiger partial charge in [-0.15, -0.1) is 0 Å². The Labute approximate surface area is 63.5 Å². The maximum atomic E-state index is 11.4. The minimum absolute atomic E-state index is 0.361. The molecule has 0 spiro atoms. The monoisotopic (exact) mass is 164 g/mol. The Morgan fingerprint density at radius 1 is 1.50 bits per heavy atom. The summed E-state index contributed by atoms with van der Waals surface area (Å²) in [6, 6.07) is 0. The standard InChI is InChI=1S/C6H13NO2S/c1-6(2,3)10(8,9)7-4-5-7/h4-5H2,1-3H3/i4D. The number of sulfonamides is 1. The van der Waals surface area contributed by atoms with Gasteiger partial charge in [-0.3, -0.25) is 0 Å². The van der Waals surface area contributed by atoms with Crippen molar-refractivity contribution in [1.29, 1.82) is 0 Å². The molecule has 10 heavy (non-hydrogen) atoms. The van der Waals surface area contributed by atoms with Gasteiger partial charge in [-0.2, -0.15) is 4.31 Å². The van der Waals surface area contributed by atoms with E-state index in [9.17, 15) is 8.42 Å². The third-order valence-corrected chi connectivity index (χ3v) is 3.88. The summed E-state index contributed by atoms with van der Waals surface area (Å²) in [7, 11) is -3.21. The zero-order valence-corrected chi connectivity index (χ0v) is 7.27. The predicted molar refractivity (Wildman–Crippen MR) is 40.2 cm³/mol. The zero-order chi connectivity index (χ0) is 8.86. The molecule has 1 aliphatic rings. The largest absolute Gasteiger partial charge is 0.219 e. The third-order valence-electron chi connectivity index (χ3n) is 1.41.